The third kappa shape index (κ3) is 2.90. The van der Waals surface area contributed by atoms with Crippen LogP contribution in [0.25, 0.3) is 0 Å². The maximum absolute atomic E-state index is 11.9. The van der Waals surface area contributed by atoms with Crippen molar-refractivity contribution >= 4 is 17.1 Å². The molecule has 0 aromatic carbocycles. The molecule has 1 fully saturated rings. The minimum Gasteiger partial charge on any atom is -0.315 e. The molecule has 0 bridgehead atoms. The molecular weight excluding hydrogens is 220 g/mol. The molecule has 1 aliphatic rings. The van der Waals surface area contributed by atoms with Crippen LogP contribution in [-0.4, -0.2) is 43.4 Å². The Hall–Kier alpha value is -0.710. The molecule has 4 heteroatoms. The average Bonchev–Trinajstić information content (AvgIpc) is 2.83. The van der Waals surface area contributed by atoms with Gasteiger partial charge in [-0.1, -0.05) is 6.07 Å². The number of rotatable bonds is 4. The third-order valence-corrected chi connectivity index (χ3v) is 3.99. The first-order chi connectivity index (χ1) is 7.77. The topological polar surface area (TPSA) is 32.3 Å². The van der Waals surface area contributed by atoms with E-state index >= 15 is 0 Å². The fraction of sp³-hybridized carbons (Fsp3) is 0.583. The van der Waals surface area contributed by atoms with Gasteiger partial charge in [0.05, 0.1) is 11.4 Å². The molecule has 1 aromatic heterocycles. The SMILES string of the molecule is CN(CC(=O)c1cccs1)[C@@H]1CCCNC1. The maximum atomic E-state index is 11.9. The third-order valence-electron chi connectivity index (χ3n) is 3.08. The summed E-state index contributed by atoms with van der Waals surface area (Å²) < 4.78 is 0. The van der Waals surface area contributed by atoms with Crippen LogP contribution < -0.4 is 5.32 Å². The lowest BCUT2D eigenvalue weighted by Crippen LogP contribution is -2.45. The van der Waals surface area contributed by atoms with Crippen molar-refractivity contribution in [1.82, 2.24) is 10.2 Å². The van der Waals surface area contributed by atoms with E-state index in [-0.39, 0.29) is 5.78 Å². The Labute approximate surface area is 100 Å². The fourth-order valence-corrected chi connectivity index (χ4v) is 2.74. The van der Waals surface area contributed by atoms with Crippen molar-refractivity contribution in [1.29, 1.82) is 0 Å². The highest BCUT2D eigenvalue weighted by molar-refractivity contribution is 7.12. The molecule has 0 radical (unpaired) electrons. The molecule has 1 aliphatic heterocycles. The Kier molecular flexibility index (Phi) is 4.09. The molecule has 0 aliphatic carbocycles. The van der Waals surface area contributed by atoms with Gasteiger partial charge in [0.15, 0.2) is 5.78 Å². The molecule has 0 unspecified atom stereocenters. The molecule has 1 aromatic rings. The van der Waals surface area contributed by atoms with Crippen LogP contribution in [0.3, 0.4) is 0 Å². The van der Waals surface area contributed by atoms with Crippen LogP contribution in [-0.2, 0) is 0 Å². The zero-order valence-electron chi connectivity index (χ0n) is 9.61. The minimum atomic E-state index is 0.239. The first-order valence-electron chi connectivity index (χ1n) is 5.75. The van der Waals surface area contributed by atoms with Crippen molar-refractivity contribution in [2.45, 2.75) is 18.9 Å². The van der Waals surface area contributed by atoms with Crippen molar-refractivity contribution in [3.05, 3.63) is 22.4 Å². The molecule has 0 amide bonds. The van der Waals surface area contributed by atoms with E-state index < -0.39 is 0 Å². The zero-order valence-corrected chi connectivity index (χ0v) is 10.4. The monoisotopic (exact) mass is 238 g/mol. The van der Waals surface area contributed by atoms with Crippen LogP contribution >= 0.6 is 11.3 Å². The number of thiophene rings is 1. The van der Waals surface area contributed by atoms with E-state index in [1.807, 2.05) is 24.6 Å². The summed E-state index contributed by atoms with van der Waals surface area (Å²) in [6.07, 6.45) is 2.41. The number of nitrogens with zero attached hydrogens (tertiary/aromatic N) is 1. The summed E-state index contributed by atoms with van der Waals surface area (Å²) in [6, 6.07) is 4.35. The van der Waals surface area contributed by atoms with Crippen molar-refractivity contribution in [2.24, 2.45) is 0 Å². The van der Waals surface area contributed by atoms with E-state index in [1.54, 1.807) is 0 Å². The predicted octanol–water partition coefficient (Wildman–Crippen LogP) is 1.61. The van der Waals surface area contributed by atoms with Gasteiger partial charge in [0.2, 0.25) is 0 Å². The number of carbonyl (C=O) groups is 1. The van der Waals surface area contributed by atoms with E-state index in [2.05, 4.69) is 10.2 Å². The lowest BCUT2D eigenvalue weighted by molar-refractivity contribution is 0.0911. The van der Waals surface area contributed by atoms with E-state index in [4.69, 9.17) is 0 Å². The maximum Gasteiger partial charge on any atom is 0.186 e. The lowest BCUT2D eigenvalue weighted by Gasteiger charge is -2.31. The molecule has 2 rings (SSSR count). The number of nitrogens with one attached hydrogen (secondary N) is 1. The molecular formula is C12H18N2OS. The number of ketones is 1. The molecule has 0 saturated carbocycles. The summed E-state index contributed by atoms with van der Waals surface area (Å²) in [5.74, 6) is 0.239. The summed E-state index contributed by atoms with van der Waals surface area (Å²) in [7, 11) is 2.04. The first kappa shape index (κ1) is 11.8. The second kappa shape index (κ2) is 5.57. The van der Waals surface area contributed by atoms with Gasteiger partial charge < -0.3 is 5.32 Å². The van der Waals surface area contributed by atoms with Gasteiger partial charge in [0, 0.05) is 12.6 Å². The van der Waals surface area contributed by atoms with E-state index in [1.165, 1.54) is 24.2 Å². The molecule has 3 nitrogen and oxygen atoms in total. The van der Waals surface area contributed by atoms with Crippen LogP contribution in [0.1, 0.15) is 22.5 Å². The minimum absolute atomic E-state index is 0.239. The standard InChI is InChI=1S/C12H18N2OS/c1-14(10-4-2-6-13-8-10)9-11(15)12-5-3-7-16-12/h3,5,7,10,13H,2,4,6,8-9H2,1H3/t10-/m1/s1. The van der Waals surface area contributed by atoms with Gasteiger partial charge in [-0.25, -0.2) is 0 Å². The van der Waals surface area contributed by atoms with Crippen molar-refractivity contribution in [3.63, 3.8) is 0 Å². The van der Waals surface area contributed by atoms with Crippen molar-refractivity contribution in [3.8, 4) is 0 Å². The normalized spacial score (nSPS) is 21.2. The number of hydrogen-bond acceptors (Lipinski definition) is 4. The Morgan fingerprint density at radius 3 is 3.19 bits per heavy atom. The molecule has 1 N–H and O–H groups in total. The second-order valence-corrected chi connectivity index (χ2v) is 5.26. The summed E-state index contributed by atoms with van der Waals surface area (Å²) >= 11 is 1.53. The van der Waals surface area contributed by atoms with Gasteiger partial charge in [-0.2, -0.15) is 0 Å². The molecule has 1 atom stereocenters. The number of Topliss-reactive ketones (excluding diaryl/α,β-unsaturated/α-hetero) is 1. The van der Waals surface area contributed by atoms with E-state index in [0.717, 1.165) is 18.0 Å². The molecule has 1 saturated heterocycles. The van der Waals surface area contributed by atoms with Gasteiger partial charge in [-0.05, 0) is 37.9 Å². The largest absolute Gasteiger partial charge is 0.315 e. The van der Waals surface area contributed by atoms with Crippen LogP contribution in [0.2, 0.25) is 0 Å². The number of carbonyl (C=O) groups excluding carboxylic acids is 1. The quantitative estimate of drug-likeness (QED) is 0.809. The smallest absolute Gasteiger partial charge is 0.186 e. The summed E-state index contributed by atoms with van der Waals surface area (Å²) in [5, 5.41) is 5.33. The highest BCUT2D eigenvalue weighted by Crippen LogP contribution is 2.13. The van der Waals surface area contributed by atoms with Crippen molar-refractivity contribution in [2.75, 3.05) is 26.7 Å². The Morgan fingerprint density at radius 1 is 1.69 bits per heavy atom. The first-order valence-corrected chi connectivity index (χ1v) is 6.63. The number of piperidine rings is 1. The number of hydrogen-bond donors (Lipinski definition) is 1. The Morgan fingerprint density at radius 2 is 2.56 bits per heavy atom. The van der Waals surface area contributed by atoms with Crippen LogP contribution in [0.4, 0.5) is 0 Å². The number of likely N-dealkylation sites (N-methyl/N-ethyl adjacent to an activating group) is 1. The Balaban J connectivity index is 1.86. The van der Waals surface area contributed by atoms with E-state index in [0.29, 0.717) is 12.6 Å². The van der Waals surface area contributed by atoms with Crippen LogP contribution in [0.15, 0.2) is 17.5 Å². The Bertz CT molecular complexity index is 331. The summed E-state index contributed by atoms with van der Waals surface area (Å²) in [4.78, 5) is 15.0. The van der Waals surface area contributed by atoms with Crippen LogP contribution in [0.5, 0.6) is 0 Å². The summed E-state index contributed by atoms with van der Waals surface area (Å²) in [5.41, 5.74) is 0. The molecule has 0 spiro atoms. The highest BCUT2D eigenvalue weighted by Gasteiger charge is 2.20. The average molecular weight is 238 g/mol. The molecule has 88 valence electrons. The van der Waals surface area contributed by atoms with Gasteiger partial charge >= 0.3 is 0 Å². The van der Waals surface area contributed by atoms with E-state index in [9.17, 15) is 4.79 Å². The van der Waals surface area contributed by atoms with Gasteiger partial charge in [-0.15, -0.1) is 11.3 Å². The lowest BCUT2D eigenvalue weighted by atomic mass is 10.1. The highest BCUT2D eigenvalue weighted by atomic mass is 32.1. The van der Waals surface area contributed by atoms with Gasteiger partial charge in [-0.3, -0.25) is 9.69 Å². The molecule has 2 heterocycles. The van der Waals surface area contributed by atoms with Gasteiger partial charge in [0.25, 0.3) is 0 Å². The predicted molar refractivity (Wildman–Crippen MR) is 67.2 cm³/mol. The summed E-state index contributed by atoms with van der Waals surface area (Å²) in [6.45, 7) is 2.66. The van der Waals surface area contributed by atoms with Gasteiger partial charge in [0.1, 0.15) is 0 Å². The molecule has 16 heavy (non-hydrogen) atoms. The second-order valence-electron chi connectivity index (χ2n) is 4.32. The van der Waals surface area contributed by atoms with Crippen molar-refractivity contribution < 1.29 is 4.79 Å². The van der Waals surface area contributed by atoms with Crippen LogP contribution in [0, 0.1) is 0 Å². The fourth-order valence-electron chi connectivity index (χ4n) is 2.08. The zero-order chi connectivity index (χ0) is 11.4.